The summed E-state index contributed by atoms with van der Waals surface area (Å²) in [5, 5.41) is 13.1. The molecule has 0 aliphatic rings. The first kappa shape index (κ1) is 26.1. The van der Waals surface area contributed by atoms with Crippen LogP contribution in [-0.4, -0.2) is 38.6 Å². The van der Waals surface area contributed by atoms with Crippen LogP contribution in [0.25, 0.3) is 0 Å². The number of ether oxygens (including phenoxy) is 1. The second-order valence-electron chi connectivity index (χ2n) is 7.69. The molecule has 0 spiro atoms. The third kappa shape index (κ3) is 8.35. The zero-order valence-electron chi connectivity index (χ0n) is 19.1. The van der Waals surface area contributed by atoms with Crippen LogP contribution in [0.5, 0.6) is 5.75 Å². The standard InChI is InChI=1S/C23H26N4O6S2/c1-15-14-34-22(25-15)20(13-17-8-10-18(11-9-17)33-35(24,30)31)26-21(28)19(27-23(29)32-2)12-16-6-4-3-5-7-16/h3-11,14,19-20H,12-13H2,1-2H3,(H,26,28)(H,27,29)(H2,24,30,31). The molecule has 10 nitrogen and oxygen atoms in total. The molecule has 0 aliphatic carbocycles. The molecule has 0 aliphatic heterocycles. The lowest BCUT2D eigenvalue weighted by Crippen LogP contribution is -2.49. The summed E-state index contributed by atoms with van der Waals surface area (Å²) in [5.41, 5.74) is 2.48. The Hall–Kier alpha value is -3.48. The van der Waals surface area contributed by atoms with Crippen molar-refractivity contribution in [1.82, 2.24) is 15.6 Å². The first-order chi connectivity index (χ1) is 16.6. The maximum Gasteiger partial charge on any atom is 0.407 e. The van der Waals surface area contributed by atoms with E-state index < -0.39 is 34.4 Å². The highest BCUT2D eigenvalue weighted by molar-refractivity contribution is 7.84. The molecular weight excluding hydrogens is 492 g/mol. The highest BCUT2D eigenvalue weighted by Gasteiger charge is 2.26. The van der Waals surface area contributed by atoms with Gasteiger partial charge in [-0.25, -0.2) is 9.78 Å². The van der Waals surface area contributed by atoms with Gasteiger partial charge < -0.3 is 19.6 Å². The van der Waals surface area contributed by atoms with E-state index in [1.54, 1.807) is 12.1 Å². The zero-order valence-corrected chi connectivity index (χ0v) is 20.8. The Labute approximate surface area is 207 Å². The third-order valence-electron chi connectivity index (χ3n) is 4.90. The van der Waals surface area contributed by atoms with Gasteiger partial charge in [0, 0.05) is 17.5 Å². The Bertz CT molecular complexity index is 1250. The molecule has 0 saturated carbocycles. The van der Waals surface area contributed by atoms with Crippen LogP contribution in [0, 0.1) is 6.92 Å². The van der Waals surface area contributed by atoms with Crippen LogP contribution in [0.2, 0.25) is 0 Å². The van der Waals surface area contributed by atoms with Gasteiger partial charge in [0.15, 0.2) is 0 Å². The zero-order chi connectivity index (χ0) is 25.4. The van der Waals surface area contributed by atoms with Crippen molar-refractivity contribution in [3.8, 4) is 5.75 Å². The van der Waals surface area contributed by atoms with Gasteiger partial charge >= 0.3 is 16.4 Å². The van der Waals surface area contributed by atoms with E-state index in [0.29, 0.717) is 11.4 Å². The van der Waals surface area contributed by atoms with Gasteiger partial charge in [0.05, 0.1) is 13.2 Å². The predicted molar refractivity (Wildman–Crippen MR) is 131 cm³/mol. The normalized spacial score (nSPS) is 12.9. The van der Waals surface area contributed by atoms with E-state index in [-0.39, 0.29) is 12.2 Å². The number of nitrogens with zero attached hydrogens (tertiary/aromatic N) is 1. The number of aromatic nitrogens is 1. The van der Waals surface area contributed by atoms with Crippen molar-refractivity contribution in [2.75, 3.05) is 7.11 Å². The molecule has 186 valence electrons. The Morgan fingerprint density at radius 1 is 1.03 bits per heavy atom. The third-order valence-corrected chi connectivity index (χ3v) is 6.40. The summed E-state index contributed by atoms with van der Waals surface area (Å²) in [6.45, 7) is 1.86. The molecule has 12 heteroatoms. The minimum absolute atomic E-state index is 0.0760. The number of rotatable bonds is 10. The second-order valence-corrected chi connectivity index (χ2v) is 9.73. The summed E-state index contributed by atoms with van der Waals surface area (Å²) in [6.07, 6.45) is -0.0801. The number of amides is 2. The molecule has 0 bridgehead atoms. The molecule has 2 aromatic carbocycles. The van der Waals surface area contributed by atoms with Gasteiger partial charge in [-0.05, 0) is 36.6 Å². The van der Waals surface area contributed by atoms with E-state index in [1.165, 1.54) is 30.6 Å². The average Bonchev–Trinajstić information content (AvgIpc) is 3.25. The molecule has 0 fully saturated rings. The van der Waals surface area contributed by atoms with Crippen molar-refractivity contribution in [3.05, 3.63) is 81.8 Å². The lowest BCUT2D eigenvalue weighted by Gasteiger charge is -2.22. The highest BCUT2D eigenvalue weighted by atomic mass is 32.2. The van der Waals surface area contributed by atoms with Gasteiger partial charge in [-0.3, -0.25) is 4.79 Å². The number of alkyl carbamates (subject to hydrolysis) is 1. The van der Waals surface area contributed by atoms with Crippen molar-refractivity contribution < 1.29 is 26.9 Å². The van der Waals surface area contributed by atoms with E-state index in [1.807, 2.05) is 42.6 Å². The summed E-state index contributed by atoms with van der Waals surface area (Å²) in [5.74, 6) is -0.321. The van der Waals surface area contributed by atoms with Crippen LogP contribution in [0.3, 0.4) is 0 Å². The molecule has 3 rings (SSSR count). The largest absolute Gasteiger partial charge is 0.453 e. The number of carbonyl (C=O) groups is 2. The topological polar surface area (TPSA) is 150 Å². The van der Waals surface area contributed by atoms with Crippen molar-refractivity contribution in [1.29, 1.82) is 0 Å². The van der Waals surface area contributed by atoms with E-state index in [9.17, 15) is 18.0 Å². The van der Waals surface area contributed by atoms with Crippen LogP contribution in [-0.2, 0) is 32.7 Å². The fourth-order valence-corrected chi connectivity index (χ4v) is 4.54. The monoisotopic (exact) mass is 518 g/mol. The fourth-order valence-electron chi connectivity index (χ4n) is 3.32. The first-order valence-corrected chi connectivity index (χ1v) is 12.9. The summed E-state index contributed by atoms with van der Waals surface area (Å²) in [4.78, 5) is 29.7. The molecule has 35 heavy (non-hydrogen) atoms. The molecule has 0 radical (unpaired) electrons. The fraction of sp³-hybridized carbons (Fsp3) is 0.261. The number of methoxy groups -OCH3 is 1. The minimum atomic E-state index is -4.13. The lowest BCUT2D eigenvalue weighted by molar-refractivity contribution is -0.123. The molecular formula is C23H26N4O6S2. The second kappa shape index (κ2) is 11.8. The van der Waals surface area contributed by atoms with Crippen molar-refractivity contribution in [3.63, 3.8) is 0 Å². The first-order valence-electron chi connectivity index (χ1n) is 10.5. The maximum absolute atomic E-state index is 13.3. The molecule has 4 N–H and O–H groups in total. The van der Waals surface area contributed by atoms with E-state index in [0.717, 1.165) is 16.8 Å². The molecule has 2 amide bonds. The summed E-state index contributed by atoms with van der Waals surface area (Å²) in [7, 11) is -2.89. The Kier molecular flexibility index (Phi) is 8.79. The molecule has 2 unspecified atom stereocenters. The van der Waals surface area contributed by atoms with Gasteiger partial charge in [-0.15, -0.1) is 11.3 Å². The van der Waals surface area contributed by atoms with Crippen LogP contribution >= 0.6 is 11.3 Å². The lowest BCUT2D eigenvalue weighted by atomic mass is 10.0. The van der Waals surface area contributed by atoms with Gasteiger partial charge in [-0.1, -0.05) is 42.5 Å². The number of hydrogen-bond acceptors (Lipinski definition) is 8. The molecule has 0 saturated heterocycles. The van der Waals surface area contributed by atoms with Gasteiger partial charge in [-0.2, -0.15) is 13.6 Å². The molecule has 3 aromatic rings. The predicted octanol–water partition coefficient (Wildman–Crippen LogP) is 2.40. The van der Waals surface area contributed by atoms with E-state index in [2.05, 4.69) is 19.8 Å². The molecule has 2 atom stereocenters. The number of benzene rings is 2. The van der Waals surface area contributed by atoms with Gasteiger partial charge in [0.2, 0.25) is 5.91 Å². The van der Waals surface area contributed by atoms with Crippen LogP contribution in [0.4, 0.5) is 4.79 Å². The Balaban J connectivity index is 1.80. The molecule has 1 heterocycles. The minimum Gasteiger partial charge on any atom is -0.453 e. The van der Waals surface area contributed by atoms with Gasteiger partial charge in [0.25, 0.3) is 0 Å². The van der Waals surface area contributed by atoms with E-state index in [4.69, 9.17) is 9.88 Å². The quantitative estimate of drug-likeness (QED) is 0.373. The summed E-state index contributed by atoms with van der Waals surface area (Å²) in [6, 6.07) is 14.2. The van der Waals surface area contributed by atoms with Crippen molar-refractivity contribution >= 4 is 33.6 Å². The number of aryl methyl sites for hydroxylation is 1. The molecule has 1 aromatic heterocycles. The highest BCUT2D eigenvalue weighted by Crippen LogP contribution is 2.24. The van der Waals surface area contributed by atoms with Crippen LogP contribution in [0.15, 0.2) is 60.0 Å². The summed E-state index contributed by atoms with van der Waals surface area (Å²) < 4.78 is 31.6. The van der Waals surface area contributed by atoms with Crippen LogP contribution < -0.4 is 20.0 Å². The Morgan fingerprint density at radius 3 is 2.26 bits per heavy atom. The number of carbonyl (C=O) groups excluding carboxylic acids is 2. The number of nitrogens with one attached hydrogen (secondary N) is 2. The number of hydrogen-bond donors (Lipinski definition) is 3. The Morgan fingerprint density at radius 2 is 1.69 bits per heavy atom. The SMILES string of the molecule is COC(=O)NC(Cc1ccccc1)C(=O)NC(Cc1ccc(OS(N)(=O)=O)cc1)c1nc(C)cs1. The average molecular weight is 519 g/mol. The number of nitrogens with two attached hydrogens (primary N) is 1. The van der Waals surface area contributed by atoms with Crippen molar-refractivity contribution in [2.45, 2.75) is 31.8 Å². The maximum atomic E-state index is 13.3. The van der Waals surface area contributed by atoms with Gasteiger partial charge in [0.1, 0.15) is 16.8 Å². The van der Waals surface area contributed by atoms with Crippen molar-refractivity contribution in [2.24, 2.45) is 5.14 Å². The number of thiazole rings is 1. The van der Waals surface area contributed by atoms with Crippen LogP contribution in [0.1, 0.15) is 27.9 Å². The smallest absolute Gasteiger partial charge is 0.407 e. The summed E-state index contributed by atoms with van der Waals surface area (Å²) >= 11 is 1.41. The van der Waals surface area contributed by atoms with E-state index >= 15 is 0 Å².